The standard InChI is InChI=1S/C4H6N4O2/c5-2-1-4(6,3(9)10)8-7-2/h1H,5-6H2,(H,9,10). The van der Waals surface area contributed by atoms with Crippen molar-refractivity contribution in [3.63, 3.8) is 0 Å². The predicted molar refractivity (Wildman–Crippen MR) is 31.7 cm³/mol. The second-order valence-corrected chi connectivity index (χ2v) is 1.90. The Morgan fingerprint density at radius 3 is 2.60 bits per heavy atom. The van der Waals surface area contributed by atoms with Crippen molar-refractivity contribution in [1.29, 1.82) is 0 Å². The monoisotopic (exact) mass is 142 g/mol. The molecule has 1 atom stereocenters. The maximum absolute atomic E-state index is 10.3. The zero-order chi connectivity index (χ0) is 7.78. The normalized spacial score (nSPS) is 30.3. The molecule has 6 nitrogen and oxygen atoms in total. The van der Waals surface area contributed by atoms with Gasteiger partial charge in [-0.2, -0.15) is 0 Å². The summed E-state index contributed by atoms with van der Waals surface area (Å²) in [6, 6.07) is 0. The molecule has 0 fully saturated rings. The number of rotatable bonds is 1. The molecule has 0 aromatic rings. The highest BCUT2D eigenvalue weighted by molar-refractivity contribution is 5.81. The molecule has 0 aliphatic carbocycles. The van der Waals surface area contributed by atoms with Crippen molar-refractivity contribution in [2.75, 3.05) is 0 Å². The molecule has 6 heteroatoms. The molecule has 0 saturated carbocycles. The number of hydrogen-bond acceptors (Lipinski definition) is 5. The smallest absolute Gasteiger partial charge is 0.352 e. The first kappa shape index (κ1) is 6.69. The van der Waals surface area contributed by atoms with Gasteiger partial charge in [0, 0.05) is 6.08 Å². The molecule has 1 aliphatic heterocycles. The van der Waals surface area contributed by atoms with Gasteiger partial charge in [-0.3, -0.25) is 5.73 Å². The summed E-state index contributed by atoms with van der Waals surface area (Å²) in [5.74, 6) is -1.23. The van der Waals surface area contributed by atoms with Crippen LogP contribution in [0.25, 0.3) is 0 Å². The lowest BCUT2D eigenvalue weighted by molar-refractivity contribution is -0.141. The van der Waals surface area contributed by atoms with Crippen molar-refractivity contribution in [2.24, 2.45) is 21.7 Å². The summed E-state index contributed by atoms with van der Waals surface area (Å²) in [5, 5.41) is 14.9. The SMILES string of the molecule is NC1=CC(N)(C(=O)O)N=N1. The molecule has 0 bridgehead atoms. The van der Waals surface area contributed by atoms with Crippen LogP contribution in [0.2, 0.25) is 0 Å². The van der Waals surface area contributed by atoms with E-state index in [1.54, 1.807) is 0 Å². The predicted octanol–water partition coefficient (Wildman–Crippen LogP) is -1.01. The zero-order valence-corrected chi connectivity index (χ0v) is 4.98. The van der Waals surface area contributed by atoms with Crippen LogP contribution >= 0.6 is 0 Å². The van der Waals surface area contributed by atoms with E-state index in [9.17, 15) is 4.79 Å². The van der Waals surface area contributed by atoms with Gasteiger partial charge in [-0.05, 0) is 0 Å². The Balaban J connectivity index is 2.95. The fraction of sp³-hybridized carbons (Fsp3) is 0.250. The summed E-state index contributed by atoms with van der Waals surface area (Å²) < 4.78 is 0. The maximum atomic E-state index is 10.3. The second kappa shape index (κ2) is 1.77. The molecule has 10 heavy (non-hydrogen) atoms. The van der Waals surface area contributed by atoms with E-state index in [1.165, 1.54) is 0 Å². The van der Waals surface area contributed by atoms with Crippen LogP contribution in [-0.4, -0.2) is 16.7 Å². The van der Waals surface area contributed by atoms with Crippen LogP contribution in [0.1, 0.15) is 0 Å². The fourth-order valence-electron chi connectivity index (χ4n) is 0.528. The Hall–Kier alpha value is -1.43. The summed E-state index contributed by atoms with van der Waals surface area (Å²) in [7, 11) is 0. The Morgan fingerprint density at radius 1 is 1.80 bits per heavy atom. The van der Waals surface area contributed by atoms with Gasteiger partial charge in [0.2, 0.25) is 5.66 Å². The minimum absolute atomic E-state index is 0.0323. The average molecular weight is 142 g/mol. The van der Waals surface area contributed by atoms with E-state index in [4.69, 9.17) is 16.6 Å². The molecule has 54 valence electrons. The maximum Gasteiger partial charge on any atom is 0.352 e. The molecule has 0 saturated heterocycles. The van der Waals surface area contributed by atoms with E-state index < -0.39 is 11.6 Å². The third-order valence-corrected chi connectivity index (χ3v) is 1.04. The van der Waals surface area contributed by atoms with Gasteiger partial charge in [0.1, 0.15) is 5.82 Å². The highest BCUT2D eigenvalue weighted by Gasteiger charge is 2.35. The molecule has 0 aromatic heterocycles. The first-order valence-electron chi connectivity index (χ1n) is 2.48. The number of hydrogen-bond donors (Lipinski definition) is 3. The Labute approximate surface area is 56.2 Å². The average Bonchev–Trinajstić information content (AvgIpc) is 2.13. The lowest BCUT2D eigenvalue weighted by atomic mass is 10.2. The van der Waals surface area contributed by atoms with E-state index in [0.29, 0.717) is 0 Å². The molecule has 0 amide bonds. The van der Waals surface area contributed by atoms with E-state index in [2.05, 4.69) is 10.2 Å². The molecule has 1 unspecified atom stereocenters. The Bertz CT molecular complexity index is 233. The lowest BCUT2D eigenvalue weighted by Gasteiger charge is -2.07. The van der Waals surface area contributed by atoms with Gasteiger partial charge in [-0.1, -0.05) is 0 Å². The molecule has 1 heterocycles. The van der Waals surface area contributed by atoms with Gasteiger partial charge in [-0.25, -0.2) is 4.79 Å². The first-order chi connectivity index (χ1) is 4.54. The minimum Gasteiger partial charge on any atom is -0.478 e. The van der Waals surface area contributed by atoms with Crippen LogP contribution in [0.5, 0.6) is 0 Å². The number of azo groups is 1. The molecule has 1 rings (SSSR count). The molecule has 0 aromatic carbocycles. The second-order valence-electron chi connectivity index (χ2n) is 1.90. The van der Waals surface area contributed by atoms with Crippen LogP contribution in [0.3, 0.4) is 0 Å². The van der Waals surface area contributed by atoms with Gasteiger partial charge in [0.05, 0.1) is 0 Å². The van der Waals surface area contributed by atoms with Gasteiger partial charge in [0.15, 0.2) is 0 Å². The van der Waals surface area contributed by atoms with Gasteiger partial charge in [0.25, 0.3) is 0 Å². The van der Waals surface area contributed by atoms with Crippen molar-refractivity contribution in [3.05, 3.63) is 11.9 Å². The largest absolute Gasteiger partial charge is 0.478 e. The minimum atomic E-state index is -1.75. The van der Waals surface area contributed by atoms with Gasteiger partial charge >= 0.3 is 5.97 Å². The lowest BCUT2D eigenvalue weighted by Crippen LogP contribution is -2.42. The van der Waals surface area contributed by atoms with Crippen molar-refractivity contribution in [3.8, 4) is 0 Å². The van der Waals surface area contributed by atoms with Gasteiger partial charge < -0.3 is 10.8 Å². The Kier molecular flexibility index (Phi) is 1.19. The van der Waals surface area contributed by atoms with Crippen molar-refractivity contribution >= 4 is 5.97 Å². The van der Waals surface area contributed by atoms with Crippen molar-refractivity contribution in [1.82, 2.24) is 0 Å². The first-order valence-corrected chi connectivity index (χ1v) is 2.48. The molecular formula is C4H6N4O2. The fourth-order valence-corrected chi connectivity index (χ4v) is 0.528. The van der Waals surface area contributed by atoms with Crippen LogP contribution < -0.4 is 11.5 Å². The number of aliphatic carboxylic acids is 1. The number of nitrogens with zero attached hydrogens (tertiary/aromatic N) is 2. The van der Waals surface area contributed by atoms with Crippen molar-refractivity contribution < 1.29 is 9.90 Å². The number of carboxylic acid groups (broad SMARTS) is 1. The summed E-state index contributed by atoms with van der Waals surface area (Å²) in [4.78, 5) is 10.3. The van der Waals surface area contributed by atoms with Crippen molar-refractivity contribution in [2.45, 2.75) is 5.66 Å². The van der Waals surface area contributed by atoms with E-state index in [-0.39, 0.29) is 5.82 Å². The number of carboxylic acids is 1. The Morgan fingerprint density at radius 2 is 2.40 bits per heavy atom. The molecule has 0 spiro atoms. The molecule has 0 radical (unpaired) electrons. The third-order valence-electron chi connectivity index (χ3n) is 1.04. The quantitative estimate of drug-likeness (QED) is 0.435. The van der Waals surface area contributed by atoms with Gasteiger partial charge in [-0.15, -0.1) is 10.2 Å². The van der Waals surface area contributed by atoms with Crippen LogP contribution in [0.15, 0.2) is 22.1 Å². The van der Waals surface area contributed by atoms with Crippen LogP contribution in [-0.2, 0) is 4.79 Å². The van der Waals surface area contributed by atoms with E-state index in [1.807, 2.05) is 0 Å². The van der Waals surface area contributed by atoms with E-state index in [0.717, 1.165) is 6.08 Å². The molecule has 1 aliphatic rings. The third kappa shape index (κ3) is 0.841. The summed E-state index contributed by atoms with van der Waals surface area (Å²) in [5.41, 5.74) is 8.54. The summed E-state index contributed by atoms with van der Waals surface area (Å²) in [6.07, 6.45) is 1.08. The van der Waals surface area contributed by atoms with E-state index >= 15 is 0 Å². The number of carbonyl (C=O) groups is 1. The topological polar surface area (TPSA) is 114 Å². The highest BCUT2D eigenvalue weighted by atomic mass is 16.4. The summed E-state index contributed by atoms with van der Waals surface area (Å²) in [6.45, 7) is 0. The zero-order valence-electron chi connectivity index (χ0n) is 4.98. The highest BCUT2D eigenvalue weighted by Crippen LogP contribution is 2.15. The van der Waals surface area contributed by atoms with Crippen LogP contribution in [0, 0.1) is 0 Å². The van der Waals surface area contributed by atoms with Crippen LogP contribution in [0.4, 0.5) is 0 Å². The molecule has 5 N–H and O–H groups in total. The number of nitrogens with two attached hydrogens (primary N) is 2. The summed E-state index contributed by atoms with van der Waals surface area (Å²) >= 11 is 0. The molecular weight excluding hydrogens is 136 g/mol.